The normalized spacial score (nSPS) is 15.8. The molecule has 1 fully saturated rings. The van der Waals surface area contributed by atoms with Crippen LogP contribution in [-0.2, 0) is 9.59 Å². The number of aliphatic hydroxyl groups excluding tert-OH is 1. The fourth-order valence-electron chi connectivity index (χ4n) is 3.64. The van der Waals surface area contributed by atoms with Gasteiger partial charge in [0.15, 0.2) is 5.78 Å². The van der Waals surface area contributed by atoms with Crippen LogP contribution in [0, 0.1) is 0 Å². The molecule has 150 valence electrons. The SMILES string of the molecule is O=C1NC(=O)C(=Cc2ccc3c(c2)C(O)=C(c2ccc4ccccc4n2)C3=O)C(=O)N1. The molecule has 8 heteroatoms. The molecule has 8 nitrogen and oxygen atoms in total. The first kappa shape index (κ1) is 18.4. The van der Waals surface area contributed by atoms with Crippen LogP contribution in [0.5, 0.6) is 0 Å². The number of para-hydroxylation sites is 1. The number of rotatable bonds is 2. The number of Topliss-reactive ketones (excluding diaryl/α,β-unsaturated/α-hetero) is 1. The van der Waals surface area contributed by atoms with Crippen molar-refractivity contribution in [1.82, 2.24) is 15.6 Å². The van der Waals surface area contributed by atoms with Crippen molar-refractivity contribution < 1.29 is 24.3 Å². The monoisotopic (exact) mass is 411 g/mol. The number of pyridine rings is 1. The number of hydrogen-bond donors (Lipinski definition) is 3. The summed E-state index contributed by atoms with van der Waals surface area (Å²) in [7, 11) is 0. The van der Waals surface area contributed by atoms with Gasteiger partial charge < -0.3 is 5.11 Å². The molecule has 0 spiro atoms. The molecule has 0 atom stereocenters. The first-order valence-electron chi connectivity index (χ1n) is 9.29. The van der Waals surface area contributed by atoms with E-state index < -0.39 is 17.8 Å². The molecule has 4 amide bonds. The number of nitrogens with zero attached hydrogens (tertiary/aromatic N) is 1. The summed E-state index contributed by atoms with van der Waals surface area (Å²) >= 11 is 0. The number of carbonyl (C=O) groups excluding carboxylic acids is 4. The van der Waals surface area contributed by atoms with E-state index in [2.05, 4.69) is 4.98 Å². The van der Waals surface area contributed by atoms with Crippen molar-refractivity contribution in [2.75, 3.05) is 0 Å². The van der Waals surface area contributed by atoms with E-state index in [4.69, 9.17) is 0 Å². The molecular formula is C23H13N3O5. The van der Waals surface area contributed by atoms with Crippen LogP contribution < -0.4 is 10.6 Å². The Morgan fingerprint density at radius 3 is 2.35 bits per heavy atom. The number of nitrogens with one attached hydrogen (secondary N) is 2. The molecule has 0 saturated carbocycles. The third-order valence-electron chi connectivity index (χ3n) is 5.12. The fourth-order valence-corrected chi connectivity index (χ4v) is 3.64. The van der Waals surface area contributed by atoms with Crippen molar-refractivity contribution >= 4 is 51.9 Å². The second-order valence-corrected chi connectivity index (χ2v) is 7.04. The highest BCUT2D eigenvalue weighted by molar-refractivity contribution is 6.38. The molecule has 1 aromatic heterocycles. The average molecular weight is 411 g/mol. The highest BCUT2D eigenvalue weighted by atomic mass is 16.3. The van der Waals surface area contributed by atoms with Gasteiger partial charge in [0.25, 0.3) is 11.8 Å². The summed E-state index contributed by atoms with van der Waals surface area (Å²) in [5.74, 6) is -2.25. The first-order chi connectivity index (χ1) is 14.9. The number of barbiturate groups is 1. The lowest BCUT2D eigenvalue weighted by Gasteiger charge is -2.14. The zero-order chi connectivity index (χ0) is 21.7. The lowest BCUT2D eigenvalue weighted by molar-refractivity contribution is -0.123. The van der Waals surface area contributed by atoms with Crippen LogP contribution in [0.15, 0.2) is 60.2 Å². The van der Waals surface area contributed by atoms with Gasteiger partial charge in [0.05, 0.1) is 16.8 Å². The van der Waals surface area contributed by atoms with Crippen LogP contribution in [-0.4, -0.2) is 33.7 Å². The standard InChI is InChI=1S/C23H13N3O5/c27-19-13-7-5-11(10-15-21(29)25-23(31)26-22(15)30)9-14(13)20(28)18(19)17-8-6-12-3-1-2-4-16(12)24-17/h1-10,28H,(H2,25,26,29,30,31). The van der Waals surface area contributed by atoms with E-state index in [1.54, 1.807) is 12.1 Å². The Balaban J connectivity index is 1.57. The molecule has 1 saturated heterocycles. The summed E-state index contributed by atoms with van der Waals surface area (Å²) < 4.78 is 0. The zero-order valence-electron chi connectivity index (χ0n) is 15.8. The maximum atomic E-state index is 12.9. The smallest absolute Gasteiger partial charge is 0.328 e. The first-order valence-corrected chi connectivity index (χ1v) is 9.29. The molecule has 2 aliphatic rings. The van der Waals surface area contributed by atoms with Crippen molar-refractivity contribution in [2.24, 2.45) is 0 Å². The van der Waals surface area contributed by atoms with Gasteiger partial charge in [-0.2, -0.15) is 0 Å². The topological polar surface area (TPSA) is 125 Å². The minimum atomic E-state index is -0.889. The Bertz CT molecular complexity index is 1400. The largest absolute Gasteiger partial charge is 0.506 e. The Kier molecular flexibility index (Phi) is 4.01. The van der Waals surface area contributed by atoms with Gasteiger partial charge in [-0.15, -0.1) is 0 Å². The molecule has 1 aliphatic carbocycles. The number of allylic oxidation sites excluding steroid dienone is 1. The van der Waals surface area contributed by atoms with Gasteiger partial charge >= 0.3 is 6.03 Å². The quantitative estimate of drug-likeness (QED) is 0.440. The number of urea groups is 1. The summed E-state index contributed by atoms with van der Waals surface area (Å²) in [6.45, 7) is 0. The lowest BCUT2D eigenvalue weighted by atomic mass is 10.0. The average Bonchev–Trinajstić information content (AvgIpc) is 3.00. The predicted molar refractivity (Wildman–Crippen MR) is 112 cm³/mol. The zero-order valence-corrected chi connectivity index (χ0v) is 15.8. The number of carbonyl (C=O) groups is 4. The molecule has 5 rings (SSSR count). The Hall–Kier alpha value is -4.59. The van der Waals surface area contributed by atoms with Gasteiger partial charge in [-0.25, -0.2) is 9.78 Å². The van der Waals surface area contributed by atoms with E-state index in [0.29, 0.717) is 16.8 Å². The van der Waals surface area contributed by atoms with Crippen molar-refractivity contribution in [1.29, 1.82) is 0 Å². The van der Waals surface area contributed by atoms with Crippen molar-refractivity contribution in [3.8, 4) is 0 Å². The number of aliphatic hydroxyl groups is 1. The Labute approximate surface area is 174 Å². The van der Waals surface area contributed by atoms with Crippen LogP contribution in [0.25, 0.3) is 28.3 Å². The van der Waals surface area contributed by atoms with E-state index in [1.165, 1.54) is 18.2 Å². The summed E-state index contributed by atoms with van der Waals surface area (Å²) in [5, 5.41) is 15.7. The number of benzene rings is 2. The van der Waals surface area contributed by atoms with Crippen LogP contribution >= 0.6 is 0 Å². The highest BCUT2D eigenvalue weighted by Crippen LogP contribution is 2.37. The number of imide groups is 2. The van der Waals surface area contributed by atoms with Gasteiger partial charge in [-0.3, -0.25) is 25.0 Å². The molecule has 0 bridgehead atoms. The molecular weight excluding hydrogens is 398 g/mol. The molecule has 0 unspecified atom stereocenters. The third kappa shape index (κ3) is 2.98. The molecule has 0 radical (unpaired) electrons. The molecule has 2 heterocycles. The lowest BCUT2D eigenvalue weighted by Crippen LogP contribution is -2.51. The number of hydrogen-bond acceptors (Lipinski definition) is 6. The van der Waals surface area contributed by atoms with E-state index in [0.717, 1.165) is 5.39 Å². The van der Waals surface area contributed by atoms with Gasteiger partial charge in [0, 0.05) is 16.5 Å². The summed E-state index contributed by atoms with van der Waals surface area (Å²) in [5.41, 5.74) is 1.84. The second-order valence-electron chi connectivity index (χ2n) is 7.04. The van der Waals surface area contributed by atoms with E-state index >= 15 is 0 Å². The second kappa shape index (κ2) is 6.74. The fraction of sp³-hybridized carbons (Fsp3) is 0. The summed E-state index contributed by atoms with van der Waals surface area (Å²) in [4.78, 5) is 52.5. The van der Waals surface area contributed by atoms with Crippen LogP contribution in [0.2, 0.25) is 0 Å². The number of fused-ring (bicyclic) bond motifs is 2. The third-order valence-corrected chi connectivity index (χ3v) is 5.12. The van der Waals surface area contributed by atoms with Gasteiger partial charge in [0.1, 0.15) is 11.3 Å². The molecule has 2 aromatic carbocycles. The molecule has 31 heavy (non-hydrogen) atoms. The number of amides is 4. The van der Waals surface area contributed by atoms with E-state index in [9.17, 15) is 24.3 Å². The maximum Gasteiger partial charge on any atom is 0.328 e. The number of aromatic nitrogens is 1. The van der Waals surface area contributed by atoms with Gasteiger partial charge in [0.2, 0.25) is 0 Å². The van der Waals surface area contributed by atoms with Crippen molar-refractivity contribution in [2.45, 2.75) is 0 Å². The van der Waals surface area contributed by atoms with E-state index in [-0.39, 0.29) is 33.8 Å². The minimum Gasteiger partial charge on any atom is -0.506 e. The van der Waals surface area contributed by atoms with Gasteiger partial charge in [-0.1, -0.05) is 30.3 Å². The van der Waals surface area contributed by atoms with Crippen molar-refractivity contribution in [3.05, 3.63) is 82.6 Å². The Morgan fingerprint density at radius 2 is 1.58 bits per heavy atom. The minimum absolute atomic E-state index is 0.0873. The molecule has 3 aromatic rings. The van der Waals surface area contributed by atoms with Gasteiger partial charge in [-0.05, 0) is 35.9 Å². The van der Waals surface area contributed by atoms with Crippen LogP contribution in [0.4, 0.5) is 4.79 Å². The summed E-state index contributed by atoms with van der Waals surface area (Å²) in [6.07, 6.45) is 1.28. The maximum absolute atomic E-state index is 12.9. The summed E-state index contributed by atoms with van der Waals surface area (Å²) in [6, 6.07) is 14.6. The number of ketones is 1. The van der Waals surface area contributed by atoms with Crippen LogP contribution in [0.1, 0.15) is 27.2 Å². The molecule has 3 N–H and O–H groups in total. The van der Waals surface area contributed by atoms with E-state index in [1.807, 2.05) is 41.0 Å². The molecule has 1 aliphatic heterocycles. The highest BCUT2D eigenvalue weighted by Gasteiger charge is 2.32. The predicted octanol–water partition coefficient (Wildman–Crippen LogP) is 2.61. The van der Waals surface area contributed by atoms with Crippen LogP contribution in [0.3, 0.4) is 0 Å². The Morgan fingerprint density at radius 1 is 0.839 bits per heavy atom. The van der Waals surface area contributed by atoms with Crippen molar-refractivity contribution in [3.63, 3.8) is 0 Å².